The SMILES string of the molecule is Cl.O=C(NCCCN1C(=O)COc2ccccc21)C1COCCN1. The van der Waals surface area contributed by atoms with Gasteiger partial charge in [0.1, 0.15) is 11.8 Å². The number of morpholine rings is 1. The van der Waals surface area contributed by atoms with Crippen molar-refractivity contribution in [3.8, 4) is 5.75 Å². The van der Waals surface area contributed by atoms with Gasteiger partial charge in [-0.05, 0) is 18.6 Å². The van der Waals surface area contributed by atoms with E-state index in [4.69, 9.17) is 9.47 Å². The number of nitrogens with one attached hydrogen (secondary N) is 2. The largest absolute Gasteiger partial charge is 0.482 e. The third-order valence-corrected chi connectivity index (χ3v) is 3.90. The second-order valence-electron chi connectivity index (χ2n) is 5.53. The molecule has 2 amide bonds. The fourth-order valence-electron chi connectivity index (χ4n) is 2.70. The van der Waals surface area contributed by atoms with E-state index in [-0.39, 0.29) is 36.9 Å². The second-order valence-corrected chi connectivity index (χ2v) is 5.53. The minimum Gasteiger partial charge on any atom is -0.482 e. The Labute approximate surface area is 147 Å². The van der Waals surface area contributed by atoms with Crippen LogP contribution in [-0.2, 0) is 14.3 Å². The summed E-state index contributed by atoms with van der Waals surface area (Å²) in [7, 11) is 0. The van der Waals surface area contributed by atoms with Gasteiger partial charge in [-0.3, -0.25) is 9.59 Å². The third kappa shape index (κ3) is 4.37. The number of carbonyl (C=O) groups is 2. The van der Waals surface area contributed by atoms with Crippen molar-refractivity contribution in [2.45, 2.75) is 12.5 Å². The van der Waals surface area contributed by atoms with Crippen LogP contribution in [0.15, 0.2) is 24.3 Å². The highest BCUT2D eigenvalue weighted by Crippen LogP contribution is 2.31. The molecule has 0 saturated carbocycles. The van der Waals surface area contributed by atoms with Crippen LogP contribution in [0.1, 0.15) is 6.42 Å². The van der Waals surface area contributed by atoms with Crippen LogP contribution in [0.25, 0.3) is 0 Å². The van der Waals surface area contributed by atoms with Crippen LogP contribution in [0.4, 0.5) is 5.69 Å². The number of halogens is 1. The first kappa shape index (κ1) is 18.5. The lowest BCUT2D eigenvalue weighted by Crippen LogP contribution is -2.51. The zero-order valence-corrected chi connectivity index (χ0v) is 14.1. The van der Waals surface area contributed by atoms with Crippen molar-refractivity contribution < 1.29 is 19.1 Å². The summed E-state index contributed by atoms with van der Waals surface area (Å²) < 4.78 is 10.7. The molecule has 0 radical (unpaired) electrons. The second kappa shape index (κ2) is 8.86. The molecule has 2 heterocycles. The van der Waals surface area contributed by atoms with Crippen LogP contribution in [0.3, 0.4) is 0 Å². The Kier molecular flexibility index (Phi) is 6.84. The van der Waals surface area contributed by atoms with Gasteiger partial charge in [-0.2, -0.15) is 0 Å². The van der Waals surface area contributed by atoms with Gasteiger partial charge in [-0.1, -0.05) is 12.1 Å². The highest BCUT2D eigenvalue weighted by Gasteiger charge is 2.25. The van der Waals surface area contributed by atoms with Crippen LogP contribution < -0.4 is 20.3 Å². The van der Waals surface area contributed by atoms with Gasteiger partial charge in [0.05, 0.1) is 18.9 Å². The monoisotopic (exact) mass is 355 g/mol. The van der Waals surface area contributed by atoms with Gasteiger partial charge in [0.2, 0.25) is 5.91 Å². The molecule has 1 aromatic rings. The molecular formula is C16H22ClN3O4. The lowest BCUT2D eigenvalue weighted by atomic mass is 10.2. The fraction of sp³-hybridized carbons (Fsp3) is 0.500. The molecule has 1 aromatic carbocycles. The summed E-state index contributed by atoms with van der Waals surface area (Å²) in [5.41, 5.74) is 0.789. The molecule has 2 aliphatic heterocycles. The normalized spacial score (nSPS) is 19.8. The summed E-state index contributed by atoms with van der Waals surface area (Å²) in [6.45, 7) is 2.87. The summed E-state index contributed by atoms with van der Waals surface area (Å²) >= 11 is 0. The molecule has 1 unspecified atom stereocenters. The first-order valence-corrected chi connectivity index (χ1v) is 7.87. The molecule has 2 aliphatic rings. The molecular weight excluding hydrogens is 334 g/mol. The maximum atomic E-state index is 12.0. The zero-order valence-electron chi connectivity index (χ0n) is 13.3. The quantitative estimate of drug-likeness (QED) is 0.744. The van der Waals surface area contributed by atoms with Gasteiger partial charge in [0.15, 0.2) is 6.61 Å². The Balaban J connectivity index is 0.00000208. The van der Waals surface area contributed by atoms with Crippen LogP contribution >= 0.6 is 12.4 Å². The van der Waals surface area contributed by atoms with Crippen LogP contribution in [-0.4, -0.2) is 57.3 Å². The molecule has 2 N–H and O–H groups in total. The topological polar surface area (TPSA) is 79.9 Å². The van der Waals surface area contributed by atoms with E-state index in [1.807, 2.05) is 24.3 Å². The van der Waals surface area contributed by atoms with Crippen molar-refractivity contribution in [3.63, 3.8) is 0 Å². The molecule has 8 heteroatoms. The first-order valence-electron chi connectivity index (χ1n) is 7.87. The van der Waals surface area contributed by atoms with Crippen molar-refractivity contribution in [2.24, 2.45) is 0 Å². The molecule has 7 nitrogen and oxygen atoms in total. The molecule has 1 fully saturated rings. The predicted octanol–water partition coefficient (Wildman–Crippen LogP) is 0.328. The Morgan fingerprint density at radius 3 is 3.00 bits per heavy atom. The number of amides is 2. The number of rotatable bonds is 5. The number of anilines is 1. The molecule has 0 aliphatic carbocycles. The maximum Gasteiger partial charge on any atom is 0.265 e. The summed E-state index contributed by atoms with van der Waals surface area (Å²) in [4.78, 5) is 25.7. The number of benzene rings is 1. The predicted molar refractivity (Wildman–Crippen MR) is 91.8 cm³/mol. The van der Waals surface area contributed by atoms with Crippen molar-refractivity contribution in [2.75, 3.05) is 44.4 Å². The number of hydrogen-bond donors (Lipinski definition) is 2. The lowest BCUT2D eigenvalue weighted by Gasteiger charge is -2.29. The number of nitrogens with zero attached hydrogens (tertiary/aromatic N) is 1. The lowest BCUT2D eigenvalue weighted by molar-refractivity contribution is -0.125. The first-order chi connectivity index (χ1) is 11.3. The van der Waals surface area contributed by atoms with Gasteiger partial charge in [-0.25, -0.2) is 0 Å². The summed E-state index contributed by atoms with van der Waals surface area (Å²) in [6.07, 6.45) is 0.680. The van der Waals surface area contributed by atoms with Crippen LogP contribution in [0, 0.1) is 0 Å². The summed E-state index contributed by atoms with van der Waals surface area (Å²) in [5, 5.41) is 5.99. The molecule has 0 aromatic heterocycles. The molecule has 132 valence electrons. The fourth-order valence-corrected chi connectivity index (χ4v) is 2.70. The number of fused-ring (bicyclic) bond motifs is 1. The highest BCUT2D eigenvalue weighted by molar-refractivity contribution is 5.97. The van der Waals surface area contributed by atoms with Gasteiger partial charge in [0.25, 0.3) is 5.91 Å². The van der Waals surface area contributed by atoms with E-state index < -0.39 is 0 Å². The van der Waals surface area contributed by atoms with E-state index in [1.165, 1.54) is 0 Å². The summed E-state index contributed by atoms with van der Waals surface area (Å²) in [6, 6.07) is 7.20. The van der Waals surface area contributed by atoms with Crippen molar-refractivity contribution in [1.29, 1.82) is 0 Å². The Morgan fingerprint density at radius 1 is 1.38 bits per heavy atom. The van der Waals surface area contributed by atoms with E-state index in [0.717, 1.165) is 11.4 Å². The van der Waals surface area contributed by atoms with Gasteiger partial charge >= 0.3 is 0 Å². The molecule has 1 saturated heterocycles. The number of carbonyl (C=O) groups excluding carboxylic acids is 2. The van der Waals surface area contributed by atoms with Gasteiger partial charge in [0, 0.05) is 19.6 Å². The van der Waals surface area contributed by atoms with E-state index in [2.05, 4.69) is 10.6 Å². The maximum absolute atomic E-state index is 12.0. The Morgan fingerprint density at radius 2 is 2.21 bits per heavy atom. The zero-order chi connectivity index (χ0) is 16.1. The van der Waals surface area contributed by atoms with Crippen molar-refractivity contribution in [1.82, 2.24) is 10.6 Å². The van der Waals surface area contributed by atoms with E-state index in [9.17, 15) is 9.59 Å². The smallest absolute Gasteiger partial charge is 0.265 e. The Hall–Kier alpha value is -1.83. The molecule has 24 heavy (non-hydrogen) atoms. The number of hydrogen-bond acceptors (Lipinski definition) is 5. The molecule has 1 atom stereocenters. The van der Waals surface area contributed by atoms with Gasteiger partial charge in [-0.15, -0.1) is 12.4 Å². The molecule has 3 rings (SSSR count). The van der Waals surface area contributed by atoms with Gasteiger partial charge < -0.3 is 25.0 Å². The number of ether oxygens (including phenoxy) is 2. The summed E-state index contributed by atoms with van der Waals surface area (Å²) in [5.74, 6) is 0.607. The van der Waals surface area contributed by atoms with E-state index in [0.29, 0.717) is 39.3 Å². The minimum atomic E-state index is -0.283. The minimum absolute atomic E-state index is 0. The van der Waals surface area contributed by atoms with Crippen LogP contribution in [0.2, 0.25) is 0 Å². The van der Waals surface area contributed by atoms with E-state index >= 15 is 0 Å². The number of para-hydroxylation sites is 2. The van der Waals surface area contributed by atoms with Crippen molar-refractivity contribution in [3.05, 3.63) is 24.3 Å². The van der Waals surface area contributed by atoms with E-state index in [1.54, 1.807) is 4.90 Å². The molecule has 0 bridgehead atoms. The van der Waals surface area contributed by atoms with Crippen molar-refractivity contribution >= 4 is 29.9 Å². The molecule has 0 spiro atoms. The Bertz CT molecular complexity index is 578. The standard InChI is InChI=1S/C16H21N3O4.ClH/c20-15-11-23-14-5-2-1-4-13(14)19(15)8-3-6-18-16(21)12-10-22-9-7-17-12;/h1-2,4-5,12,17H,3,6-11H2,(H,18,21);1H. The third-order valence-electron chi connectivity index (χ3n) is 3.90. The average Bonchev–Trinajstić information content (AvgIpc) is 2.60. The average molecular weight is 356 g/mol. The highest BCUT2D eigenvalue weighted by atomic mass is 35.5. The van der Waals surface area contributed by atoms with Crippen LogP contribution in [0.5, 0.6) is 5.75 Å².